The number of carbonyl (C=O) groups excluding carboxylic acids is 1. The van der Waals surface area contributed by atoms with Crippen LogP contribution in [0.5, 0.6) is 0 Å². The summed E-state index contributed by atoms with van der Waals surface area (Å²) in [6.07, 6.45) is -1.42. The number of aliphatic hydroxyl groups excluding tert-OH is 1. The molecule has 0 aromatic carbocycles. The number of allylic oxidation sites excluding steroid dienone is 2. The SMILES string of the molecule is CC1=C(O)C(C(=O)NCC(=O)O)(C(F)(F)F)NC=C1c1cccnc1. The number of dihydropyridines is 1. The van der Waals surface area contributed by atoms with Gasteiger partial charge in [-0.2, -0.15) is 13.2 Å². The normalized spacial score (nSPS) is 20.6. The number of rotatable bonds is 4. The van der Waals surface area contributed by atoms with Crippen molar-refractivity contribution in [1.29, 1.82) is 0 Å². The highest BCUT2D eigenvalue weighted by molar-refractivity contribution is 5.95. The van der Waals surface area contributed by atoms with Gasteiger partial charge in [0.05, 0.1) is 0 Å². The van der Waals surface area contributed by atoms with Crippen molar-refractivity contribution in [3.8, 4) is 0 Å². The van der Waals surface area contributed by atoms with E-state index in [-0.39, 0.29) is 11.1 Å². The Bertz CT molecular complexity index is 759. The maximum Gasteiger partial charge on any atom is 0.428 e. The molecule has 1 unspecified atom stereocenters. The molecule has 1 aliphatic heterocycles. The van der Waals surface area contributed by atoms with Gasteiger partial charge in [-0.15, -0.1) is 0 Å². The Balaban J connectivity index is 2.49. The molecule has 0 bridgehead atoms. The Kier molecular flexibility index (Phi) is 4.73. The molecule has 0 aliphatic carbocycles. The highest BCUT2D eigenvalue weighted by Crippen LogP contribution is 2.42. The van der Waals surface area contributed by atoms with Gasteiger partial charge in [0, 0.05) is 29.7 Å². The van der Waals surface area contributed by atoms with Crippen LogP contribution < -0.4 is 10.6 Å². The van der Waals surface area contributed by atoms with E-state index in [0.29, 0.717) is 5.56 Å². The summed E-state index contributed by atoms with van der Waals surface area (Å²) >= 11 is 0. The van der Waals surface area contributed by atoms with Crippen LogP contribution in [0.15, 0.2) is 42.1 Å². The molecule has 10 heteroatoms. The van der Waals surface area contributed by atoms with Crippen molar-refractivity contribution in [2.45, 2.75) is 18.6 Å². The van der Waals surface area contributed by atoms with Crippen molar-refractivity contribution >= 4 is 17.4 Å². The Hall–Kier alpha value is -3.04. The molecule has 7 nitrogen and oxygen atoms in total. The second kappa shape index (κ2) is 6.46. The molecule has 2 heterocycles. The number of hydrogen-bond donors (Lipinski definition) is 4. The Morgan fingerprint density at radius 1 is 1.40 bits per heavy atom. The molecular formula is C15H14F3N3O4. The molecule has 1 atom stereocenters. The average molecular weight is 357 g/mol. The first-order valence-corrected chi connectivity index (χ1v) is 6.97. The number of halogens is 3. The van der Waals surface area contributed by atoms with Crippen molar-refractivity contribution in [1.82, 2.24) is 15.6 Å². The number of aromatic nitrogens is 1. The molecule has 0 radical (unpaired) electrons. The molecule has 0 saturated heterocycles. The number of nitrogens with zero attached hydrogens (tertiary/aromatic N) is 1. The highest BCUT2D eigenvalue weighted by Gasteiger charge is 2.65. The summed E-state index contributed by atoms with van der Waals surface area (Å²) in [5, 5.41) is 22.3. The summed E-state index contributed by atoms with van der Waals surface area (Å²) in [7, 11) is 0. The van der Waals surface area contributed by atoms with Crippen LogP contribution in [0.1, 0.15) is 12.5 Å². The van der Waals surface area contributed by atoms with E-state index in [2.05, 4.69) is 4.98 Å². The maximum absolute atomic E-state index is 13.6. The first kappa shape index (κ1) is 18.3. The number of aliphatic carboxylic acids is 1. The van der Waals surface area contributed by atoms with Crippen LogP contribution in [0, 0.1) is 0 Å². The molecule has 0 fully saturated rings. The lowest BCUT2D eigenvalue weighted by Gasteiger charge is -2.37. The summed E-state index contributed by atoms with van der Waals surface area (Å²) in [4.78, 5) is 26.4. The minimum Gasteiger partial charge on any atom is -0.509 e. The van der Waals surface area contributed by atoms with Crippen LogP contribution in [0.3, 0.4) is 0 Å². The van der Waals surface area contributed by atoms with Gasteiger partial charge in [0.2, 0.25) is 0 Å². The van der Waals surface area contributed by atoms with E-state index in [9.17, 15) is 27.9 Å². The van der Waals surface area contributed by atoms with Gasteiger partial charge in [0.15, 0.2) is 0 Å². The van der Waals surface area contributed by atoms with Crippen LogP contribution >= 0.6 is 0 Å². The van der Waals surface area contributed by atoms with Gasteiger partial charge in [-0.1, -0.05) is 6.07 Å². The van der Waals surface area contributed by atoms with E-state index in [1.807, 2.05) is 5.32 Å². The fourth-order valence-electron chi connectivity index (χ4n) is 2.39. The quantitative estimate of drug-likeness (QED) is 0.647. The number of carbonyl (C=O) groups is 2. The smallest absolute Gasteiger partial charge is 0.428 e. The van der Waals surface area contributed by atoms with Gasteiger partial charge < -0.3 is 20.8 Å². The predicted molar refractivity (Wildman–Crippen MR) is 80.1 cm³/mol. The van der Waals surface area contributed by atoms with Crippen molar-refractivity contribution in [3.63, 3.8) is 0 Å². The van der Waals surface area contributed by atoms with Crippen molar-refractivity contribution < 1.29 is 33.0 Å². The Morgan fingerprint density at radius 2 is 2.08 bits per heavy atom. The topological polar surface area (TPSA) is 112 Å². The first-order chi connectivity index (χ1) is 11.6. The minimum atomic E-state index is -5.22. The maximum atomic E-state index is 13.6. The fraction of sp³-hybridized carbons (Fsp3) is 0.267. The second-order valence-corrected chi connectivity index (χ2v) is 5.24. The number of amides is 1. The molecule has 0 saturated carbocycles. The molecule has 1 aromatic heterocycles. The average Bonchev–Trinajstić information content (AvgIpc) is 2.54. The predicted octanol–water partition coefficient (Wildman–Crippen LogP) is 1.36. The zero-order chi connectivity index (χ0) is 18.8. The van der Waals surface area contributed by atoms with Gasteiger partial charge >= 0.3 is 12.1 Å². The summed E-state index contributed by atoms with van der Waals surface area (Å²) in [6.45, 7) is 0.198. The number of alkyl halides is 3. The number of carboxylic acids is 1. The lowest BCUT2D eigenvalue weighted by atomic mass is 9.85. The van der Waals surface area contributed by atoms with Gasteiger partial charge in [0.1, 0.15) is 12.3 Å². The molecule has 2 rings (SSSR count). The zero-order valence-electron chi connectivity index (χ0n) is 12.9. The largest absolute Gasteiger partial charge is 0.509 e. The third kappa shape index (κ3) is 3.14. The van der Waals surface area contributed by atoms with Crippen LogP contribution in [0.2, 0.25) is 0 Å². The third-order valence-corrected chi connectivity index (χ3v) is 3.69. The Labute approximate surface area is 139 Å². The van der Waals surface area contributed by atoms with E-state index >= 15 is 0 Å². The van der Waals surface area contributed by atoms with E-state index < -0.39 is 35.9 Å². The highest BCUT2D eigenvalue weighted by atomic mass is 19.4. The van der Waals surface area contributed by atoms with Crippen molar-refractivity contribution in [2.24, 2.45) is 0 Å². The molecule has 25 heavy (non-hydrogen) atoms. The van der Waals surface area contributed by atoms with Gasteiger partial charge in [-0.3, -0.25) is 14.6 Å². The number of carboxylic acid groups (broad SMARTS) is 1. The monoisotopic (exact) mass is 357 g/mol. The summed E-state index contributed by atoms with van der Waals surface area (Å²) < 4.78 is 40.9. The molecule has 1 aromatic rings. The third-order valence-electron chi connectivity index (χ3n) is 3.69. The summed E-state index contributed by atoms with van der Waals surface area (Å²) in [6, 6.07) is 3.13. The first-order valence-electron chi connectivity index (χ1n) is 6.97. The van der Waals surface area contributed by atoms with E-state index in [1.165, 1.54) is 19.3 Å². The second-order valence-electron chi connectivity index (χ2n) is 5.24. The Morgan fingerprint density at radius 3 is 2.60 bits per heavy atom. The van der Waals surface area contributed by atoms with Crippen LogP contribution in [0.4, 0.5) is 13.2 Å². The lowest BCUT2D eigenvalue weighted by Crippen LogP contribution is -2.67. The summed E-state index contributed by atoms with van der Waals surface area (Å²) in [5.41, 5.74) is -3.01. The number of hydrogen-bond acceptors (Lipinski definition) is 5. The van der Waals surface area contributed by atoms with E-state index in [1.54, 1.807) is 17.4 Å². The number of nitrogens with one attached hydrogen (secondary N) is 2. The van der Waals surface area contributed by atoms with E-state index in [0.717, 1.165) is 6.20 Å². The fourth-order valence-corrected chi connectivity index (χ4v) is 2.39. The molecule has 1 amide bonds. The number of aliphatic hydroxyl groups is 1. The summed E-state index contributed by atoms with van der Waals surface area (Å²) in [5.74, 6) is -4.50. The molecule has 4 N–H and O–H groups in total. The van der Waals surface area contributed by atoms with Crippen LogP contribution in [-0.4, -0.2) is 45.3 Å². The van der Waals surface area contributed by atoms with Crippen LogP contribution in [-0.2, 0) is 9.59 Å². The van der Waals surface area contributed by atoms with Gasteiger partial charge in [0.25, 0.3) is 11.4 Å². The molecule has 1 aliphatic rings. The van der Waals surface area contributed by atoms with Crippen molar-refractivity contribution in [2.75, 3.05) is 6.54 Å². The number of pyridine rings is 1. The molecular weight excluding hydrogens is 343 g/mol. The van der Waals surface area contributed by atoms with E-state index in [4.69, 9.17) is 5.11 Å². The minimum absolute atomic E-state index is 0.186. The molecule has 0 spiro atoms. The lowest BCUT2D eigenvalue weighted by molar-refractivity contribution is -0.195. The van der Waals surface area contributed by atoms with Crippen molar-refractivity contribution in [3.05, 3.63) is 47.6 Å². The zero-order valence-corrected chi connectivity index (χ0v) is 12.9. The molecule has 134 valence electrons. The van der Waals surface area contributed by atoms with Gasteiger partial charge in [-0.05, 0) is 18.6 Å². The standard InChI is InChI=1S/C15H14F3N3O4/c1-8-10(9-3-2-4-19-5-9)6-21-14(12(8)24,15(16,17)18)13(25)20-7-11(22)23/h2-6,21,24H,7H2,1H3,(H,20,25)(H,22,23). The van der Waals surface area contributed by atoms with Crippen LogP contribution in [0.25, 0.3) is 5.57 Å². The van der Waals surface area contributed by atoms with Gasteiger partial charge in [-0.25, -0.2) is 0 Å².